The number of likely N-dealkylation sites (N-methyl/N-ethyl adjacent to an activating group) is 1. The Bertz CT molecular complexity index is 670. The molecule has 29 heavy (non-hydrogen) atoms. The summed E-state index contributed by atoms with van der Waals surface area (Å²) in [7, 11) is 1.92. The molecule has 4 rings (SSSR count). The lowest BCUT2D eigenvalue weighted by Crippen LogP contribution is -2.47. The van der Waals surface area contributed by atoms with Crippen molar-refractivity contribution < 1.29 is 14.0 Å². The van der Waals surface area contributed by atoms with Gasteiger partial charge < -0.3 is 23.8 Å². The highest BCUT2D eigenvalue weighted by Crippen LogP contribution is 2.36. The number of nitrogens with zero attached hydrogens (tertiary/aromatic N) is 2. The summed E-state index contributed by atoms with van der Waals surface area (Å²) in [6, 6.07) is 8.94. The zero-order valence-electron chi connectivity index (χ0n) is 18.8. The SMILES string of the molecule is CN1CCOC(CN2CCC(c3ccc(B4OC(C)(C)C(C)(C)O4)cc3)CC2)C1. The van der Waals surface area contributed by atoms with Crippen LogP contribution in [0.5, 0.6) is 0 Å². The van der Waals surface area contributed by atoms with Crippen LogP contribution in [0.4, 0.5) is 0 Å². The molecule has 0 saturated carbocycles. The number of benzene rings is 1. The first-order chi connectivity index (χ1) is 13.7. The van der Waals surface area contributed by atoms with Crippen molar-refractivity contribution in [3.63, 3.8) is 0 Å². The maximum absolute atomic E-state index is 6.19. The molecule has 0 bridgehead atoms. The van der Waals surface area contributed by atoms with Gasteiger partial charge in [0, 0.05) is 19.6 Å². The van der Waals surface area contributed by atoms with Gasteiger partial charge in [0.2, 0.25) is 0 Å². The van der Waals surface area contributed by atoms with Crippen LogP contribution in [0.2, 0.25) is 0 Å². The van der Waals surface area contributed by atoms with Crippen LogP contribution in [0, 0.1) is 0 Å². The summed E-state index contributed by atoms with van der Waals surface area (Å²) >= 11 is 0. The highest BCUT2D eigenvalue weighted by atomic mass is 16.7. The molecule has 3 aliphatic heterocycles. The van der Waals surface area contributed by atoms with E-state index in [-0.39, 0.29) is 18.3 Å². The summed E-state index contributed by atoms with van der Waals surface area (Å²) in [4.78, 5) is 4.96. The van der Waals surface area contributed by atoms with Crippen LogP contribution in [0.15, 0.2) is 24.3 Å². The molecule has 0 spiro atoms. The van der Waals surface area contributed by atoms with Crippen LogP contribution in [0.25, 0.3) is 0 Å². The minimum Gasteiger partial charge on any atom is -0.399 e. The Balaban J connectivity index is 1.29. The van der Waals surface area contributed by atoms with E-state index < -0.39 is 0 Å². The lowest BCUT2D eigenvalue weighted by atomic mass is 9.77. The number of ether oxygens (including phenoxy) is 1. The Labute approximate surface area is 176 Å². The van der Waals surface area contributed by atoms with E-state index >= 15 is 0 Å². The Kier molecular flexibility index (Phi) is 6.11. The van der Waals surface area contributed by atoms with Crippen molar-refractivity contribution in [2.45, 2.75) is 63.8 Å². The molecule has 5 nitrogen and oxygen atoms in total. The molecule has 1 aromatic rings. The molecule has 0 amide bonds. The van der Waals surface area contributed by atoms with E-state index in [2.05, 4.69) is 68.8 Å². The van der Waals surface area contributed by atoms with E-state index in [4.69, 9.17) is 14.0 Å². The van der Waals surface area contributed by atoms with Gasteiger partial charge in [-0.3, -0.25) is 0 Å². The largest absolute Gasteiger partial charge is 0.494 e. The van der Waals surface area contributed by atoms with Crippen LogP contribution in [0.3, 0.4) is 0 Å². The summed E-state index contributed by atoms with van der Waals surface area (Å²) < 4.78 is 18.3. The zero-order chi connectivity index (χ0) is 20.6. The fourth-order valence-electron chi connectivity index (χ4n) is 4.62. The topological polar surface area (TPSA) is 34.2 Å². The van der Waals surface area contributed by atoms with Crippen LogP contribution in [-0.4, -0.2) is 80.6 Å². The monoisotopic (exact) mass is 400 g/mol. The molecule has 0 radical (unpaired) electrons. The van der Waals surface area contributed by atoms with Gasteiger partial charge in [-0.05, 0) is 77.6 Å². The highest BCUT2D eigenvalue weighted by Gasteiger charge is 2.51. The fraction of sp³-hybridized carbons (Fsp3) is 0.739. The molecule has 3 aliphatic rings. The minimum atomic E-state index is -0.292. The van der Waals surface area contributed by atoms with E-state index in [0.29, 0.717) is 12.0 Å². The van der Waals surface area contributed by atoms with Gasteiger partial charge in [-0.1, -0.05) is 24.3 Å². The van der Waals surface area contributed by atoms with Crippen molar-refractivity contribution in [1.29, 1.82) is 0 Å². The molecule has 0 aliphatic carbocycles. The van der Waals surface area contributed by atoms with Crippen molar-refractivity contribution in [3.8, 4) is 0 Å². The second kappa shape index (κ2) is 8.31. The van der Waals surface area contributed by atoms with Crippen molar-refractivity contribution >= 4 is 12.6 Å². The minimum absolute atomic E-state index is 0.274. The number of likely N-dealkylation sites (tertiary alicyclic amines) is 1. The first-order valence-electron chi connectivity index (χ1n) is 11.2. The van der Waals surface area contributed by atoms with Crippen molar-refractivity contribution in [2.75, 3.05) is 46.4 Å². The van der Waals surface area contributed by atoms with Crippen molar-refractivity contribution in [2.24, 2.45) is 0 Å². The van der Waals surface area contributed by atoms with Gasteiger partial charge >= 0.3 is 7.12 Å². The third kappa shape index (κ3) is 4.72. The van der Waals surface area contributed by atoms with E-state index in [0.717, 1.165) is 44.8 Å². The van der Waals surface area contributed by atoms with E-state index in [9.17, 15) is 0 Å². The molecular formula is C23H37BN2O3. The number of piperidine rings is 1. The maximum Gasteiger partial charge on any atom is 0.494 e. The summed E-state index contributed by atoms with van der Waals surface area (Å²) in [5, 5.41) is 0. The summed E-state index contributed by atoms with van der Waals surface area (Å²) in [5.74, 6) is 0.647. The average Bonchev–Trinajstić information content (AvgIpc) is 2.90. The van der Waals surface area contributed by atoms with E-state index in [1.807, 2.05) is 0 Å². The molecule has 1 aromatic carbocycles. The first kappa shape index (κ1) is 21.3. The molecular weight excluding hydrogens is 363 g/mol. The standard InChI is InChI=1S/C23H37BN2O3/c1-22(2)23(3,4)29-24(28-22)20-8-6-18(7-9-20)19-10-12-26(13-11-19)17-21-16-25(5)14-15-27-21/h6-9,19,21H,10-17H2,1-5H3. The van der Waals surface area contributed by atoms with Gasteiger partial charge in [-0.2, -0.15) is 0 Å². The third-order valence-electron chi connectivity index (χ3n) is 7.32. The second-order valence-electron chi connectivity index (χ2n) is 10.1. The maximum atomic E-state index is 6.19. The zero-order valence-corrected chi connectivity index (χ0v) is 18.8. The van der Waals surface area contributed by atoms with Gasteiger partial charge in [0.05, 0.1) is 23.9 Å². The Morgan fingerprint density at radius 1 is 0.966 bits per heavy atom. The molecule has 3 saturated heterocycles. The average molecular weight is 400 g/mol. The van der Waals surface area contributed by atoms with Crippen LogP contribution >= 0.6 is 0 Å². The van der Waals surface area contributed by atoms with Gasteiger partial charge in [0.1, 0.15) is 0 Å². The van der Waals surface area contributed by atoms with Crippen molar-refractivity contribution in [1.82, 2.24) is 9.80 Å². The summed E-state index contributed by atoms with van der Waals surface area (Å²) in [6.07, 6.45) is 2.81. The first-order valence-corrected chi connectivity index (χ1v) is 11.2. The number of rotatable bonds is 4. The second-order valence-corrected chi connectivity index (χ2v) is 10.1. The Morgan fingerprint density at radius 2 is 1.59 bits per heavy atom. The molecule has 0 N–H and O–H groups in total. The molecule has 160 valence electrons. The fourth-order valence-corrected chi connectivity index (χ4v) is 4.62. The third-order valence-corrected chi connectivity index (χ3v) is 7.32. The smallest absolute Gasteiger partial charge is 0.399 e. The lowest BCUT2D eigenvalue weighted by molar-refractivity contribution is -0.0382. The summed E-state index contributed by atoms with van der Waals surface area (Å²) in [5.41, 5.74) is 1.97. The number of hydrogen-bond acceptors (Lipinski definition) is 5. The molecule has 0 aromatic heterocycles. The van der Waals surface area contributed by atoms with Gasteiger partial charge in [0.25, 0.3) is 0 Å². The molecule has 6 heteroatoms. The molecule has 3 fully saturated rings. The molecule has 1 unspecified atom stereocenters. The van der Waals surface area contributed by atoms with Crippen LogP contribution < -0.4 is 5.46 Å². The predicted octanol–water partition coefficient (Wildman–Crippen LogP) is 2.50. The quantitative estimate of drug-likeness (QED) is 0.726. The van der Waals surface area contributed by atoms with Gasteiger partial charge in [0.15, 0.2) is 0 Å². The number of morpholine rings is 1. The van der Waals surface area contributed by atoms with Crippen LogP contribution in [-0.2, 0) is 14.0 Å². The number of hydrogen-bond donors (Lipinski definition) is 0. The van der Waals surface area contributed by atoms with Gasteiger partial charge in [-0.15, -0.1) is 0 Å². The molecule has 1 atom stereocenters. The lowest BCUT2D eigenvalue weighted by Gasteiger charge is -2.37. The van der Waals surface area contributed by atoms with Crippen LogP contribution in [0.1, 0.15) is 52.0 Å². The molecule has 3 heterocycles. The van der Waals surface area contributed by atoms with E-state index in [1.165, 1.54) is 18.4 Å². The summed E-state index contributed by atoms with van der Waals surface area (Å²) in [6.45, 7) is 14.8. The highest BCUT2D eigenvalue weighted by molar-refractivity contribution is 6.62. The van der Waals surface area contributed by atoms with Crippen molar-refractivity contribution in [3.05, 3.63) is 29.8 Å². The predicted molar refractivity (Wildman–Crippen MR) is 118 cm³/mol. The van der Waals surface area contributed by atoms with Gasteiger partial charge in [-0.25, -0.2) is 0 Å². The van der Waals surface area contributed by atoms with E-state index in [1.54, 1.807) is 0 Å². The Morgan fingerprint density at radius 3 is 2.17 bits per heavy atom. The normalized spacial score (nSPS) is 28.7. The Hall–Kier alpha value is -0.915.